The predicted octanol–water partition coefficient (Wildman–Crippen LogP) is 4.63. The van der Waals surface area contributed by atoms with Crippen LogP contribution in [0.25, 0.3) is 32.9 Å². The van der Waals surface area contributed by atoms with E-state index in [9.17, 15) is 0 Å². The summed E-state index contributed by atoms with van der Waals surface area (Å²) in [5.74, 6) is 1.74. The highest BCUT2D eigenvalue weighted by atomic mass is 32.1. The SMILES string of the molecule is c1ccc(-c2csc3nc(-c4ccccn4)nc(N4CCC4)c23)cc1. The van der Waals surface area contributed by atoms with Crippen LogP contribution in [0.15, 0.2) is 60.1 Å². The Morgan fingerprint density at radius 3 is 2.48 bits per heavy atom. The third-order valence-corrected chi connectivity index (χ3v) is 5.42. The molecule has 0 saturated carbocycles. The second kappa shape index (κ2) is 5.93. The van der Waals surface area contributed by atoms with Gasteiger partial charge in [0.2, 0.25) is 0 Å². The number of nitrogens with zero attached hydrogens (tertiary/aromatic N) is 4. The van der Waals surface area contributed by atoms with Gasteiger partial charge < -0.3 is 4.90 Å². The first kappa shape index (κ1) is 14.5. The van der Waals surface area contributed by atoms with Crippen molar-refractivity contribution < 1.29 is 0 Å². The molecule has 0 spiro atoms. The largest absolute Gasteiger partial charge is 0.356 e. The van der Waals surface area contributed by atoms with Gasteiger partial charge in [-0.2, -0.15) is 0 Å². The van der Waals surface area contributed by atoms with E-state index in [-0.39, 0.29) is 0 Å². The van der Waals surface area contributed by atoms with Crippen LogP contribution in [0.3, 0.4) is 0 Å². The first-order valence-electron chi connectivity index (χ1n) is 8.41. The van der Waals surface area contributed by atoms with Crippen molar-refractivity contribution in [3.63, 3.8) is 0 Å². The Morgan fingerprint density at radius 1 is 0.920 bits per heavy atom. The minimum atomic E-state index is 0.705. The maximum Gasteiger partial charge on any atom is 0.181 e. The van der Waals surface area contributed by atoms with Crippen molar-refractivity contribution in [1.29, 1.82) is 0 Å². The molecule has 0 atom stereocenters. The fourth-order valence-electron chi connectivity index (χ4n) is 3.12. The molecule has 1 saturated heterocycles. The lowest BCUT2D eigenvalue weighted by Gasteiger charge is -2.32. The molecule has 122 valence electrons. The zero-order valence-electron chi connectivity index (χ0n) is 13.6. The van der Waals surface area contributed by atoms with Crippen LogP contribution >= 0.6 is 11.3 Å². The smallest absolute Gasteiger partial charge is 0.181 e. The summed E-state index contributed by atoms with van der Waals surface area (Å²) in [7, 11) is 0. The molecule has 5 rings (SSSR count). The molecule has 0 amide bonds. The van der Waals surface area contributed by atoms with Crippen LogP contribution in [-0.4, -0.2) is 28.0 Å². The average molecular weight is 344 g/mol. The summed E-state index contributed by atoms with van der Waals surface area (Å²) in [6.07, 6.45) is 3.01. The van der Waals surface area contributed by atoms with Gasteiger partial charge in [-0.15, -0.1) is 11.3 Å². The Labute approximate surface area is 149 Å². The Kier molecular flexibility index (Phi) is 3.45. The molecule has 0 bridgehead atoms. The first-order valence-corrected chi connectivity index (χ1v) is 9.29. The lowest BCUT2D eigenvalue weighted by Crippen LogP contribution is -2.37. The van der Waals surface area contributed by atoms with E-state index >= 15 is 0 Å². The Balaban J connectivity index is 1.75. The average Bonchev–Trinajstić information content (AvgIpc) is 3.06. The Bertz CT molecular complexity index is 1020. The molecule has 4 nitrogen and oxygen atoms in total. The van der Waals surface area contributed by atoms with Crippen molar-refractivity contribution in [1.82, 2.24) is 15.0 Å². The van der Waals surface area contributed by atoms with Gasteiger partial charge in [0.1, 0.15) is 16.3 Å². The number of fused-ring (bicyclic) bond motifs is 1. The molecule has 4 aromatic rings. The van der Waals surface area contributed by atoms with E-state index in [2.05, 4.69) is 39.5 Å². The molecular weight excluding hydrogens is 328 g/mol. The van der Waals surface area contributed by atoms with Crippen molar-refractivity contribution in [3.8, 4) is 22.6 Å². The van der Waals surface area contributed by atoms with E-state index in [0.717, 1.165) is 34.8 Å². The molecular formula is C20H16N4S. The van der Waals surface area contributed by atoms with Gasteiger partial charge in [0, 0.05) is 30.2 Å². The number of anilines is 1. The molecule has 1 aromatic carbocycles. The predicted molar refractivity (Wildman–Crippen MR) is 103 cm³/mol. The molecule has 5 heteroatoms. The van der Waals surface area contributed by atoms with E-state index in [1.165, 1.54) is 17.5 Å². The number of hydrogen-bond donors (Lipinski definition) is 0. The number of hydrogen-bond acceptors (Lipinski definition) is 5. The number of benzene rings is 1. The molecule has 25 heavy (non-hydrogen) atoms. The van der Waals surface area contributed by atoms with Crippen molar-refractivity contribution in [2.45, 2.75) is 6.42 Å². The summed E-state index contributed by atoms with van der Waals surface area (Å²) in [5.41, 5.74) is 3.25. The fraction of sp³-hybridized carbons (Fsp3) is 0.150. The summed E-state index contributed by atoms with van der Waals surface area (Å²) in [6, 6.07) is 16.3. The standard InChI is InChI=1S/C20H16N4S/c1-2-7-14(8-3-1)15-13-25-20-17(15)19(24-11-6-12-24)22-18(23-20)16-9-4-5-10-21-16/h1-5,7-10,13H,6,11-12H2. The molecule has 0 unspecified atom stereocenters. The third kappa shape index (κ3) is 2.48. The number of aromatic nitrogens is 3. The van der Waals surface area contributed by atoms with Crippen molar-refractivity contribution in [3.05, 3.63) is 60.1 Å². The van der Waals surface area contributed by atoms with Gasteiger partial charge in [-0.3, -0.25) is 4.98 Å². The summed E-state index contributed by atoms with van der Waals surface area (Å²) in [5, 5.41) is 3.36. The maximum absolute atomic E-state index is 4.91. The van der Waals surface area contributed by atoms with Gasteiger partial charge in [0.15, 0.2) is 5.82 Å². The van der Waals surface area contributed by atoms with Gasteiger partial charge in [-0.25, -0.2) is 9.97 Å². The molecule has 4 heterocycles. The monoisotopic (exact) mass is 344 g/mol. The summed E-state index contributed by atoms with van der Waals surface area (Å²) < 4.78 is 0. The van der Waals surface area contributed by atoms with Crippen molar-refractivity contribution in [2.75, 3.05) is 18.0 Å². The lowest BCUT2D eigenvalue weighted by molar-refractivity contribution is 0.612. The number of pyridine rings is 1. The summed E-state index contributed by atoms with van der Waals surface area (Å²) in [6.45, 7) is 2.11. The first-order chi connectivity index (χ1) is 12.4. The van der Waals surface area contributed by atoms with Crippen LogP contribution in [0.2, 0.25) is 0 Å². The topological polar surface area (TPSA) is 41.9 Å². The third-order valence-electron chi connectivity index (χ3n) is 4.55. The van der Waals surface area contributed by atoms with Crippen molar-refractivity contribution in [2.24, 2.45) is 0 Å². The van der Waals surface area contributed by atoms with Gasteiger partial charge in [0.25, 0.3) is 0 Å². The van der Waals surface area contributed by atoms with Crippen LogP contribution in [-0.2, 0) is 0 Å². The van der Waals surface area contributed by atoms with E-state index in [1.54, 1.807) is 17.5 Å². The number of thiophene rings is 1. The Hall–Kier alpha value is -2.79. The maximum atomic E-state index is 4.91. The second-order valence-electron chi connectivity index (χ2n) is 6.12. The van der Waals surface area contributed by atoms with Crippen LogP contribution in [0, 0.1) is 0 Å². The fourth-order valence-corrected chi connectivity index (χ4v) is 4.06. The normalized spacial score (nSPS) is 13.8. The van der Waals surface area contributed by atoms with E-state index in [1.807, 2.05) is 24.3 Å². The zero-order valence-corrected chi connectivity index (χ0v) is 14.4. The van der Waals surface area contributed by atoms with Gasteiger partial charge >= 0.3 is 0 Å². The molecule has 1 aliphatic rings. The highest BCUT2D eigenvalue weighted by Gasteiger charge is 2.23. The summed E-state index contributed by atoms with van der Waals surface area (Å²) in [4.78, 5) is 17.5. The van der Waals surface area contributed by atoms with E-state index in [0.29, 0.717) is 5.82 Å². The Morgan fingerprint density at radius 2 is 1.76 bits per heavy atom. The highest BCUT2D eigenvalue weighted by Crippen LogP contribution is 2.40. The molecule has 0 radical (unpaired) electrons. The van der Waals surface area contributed by atoms with Gasteiger partial charge in [-0.05, 0) is 24.1 Å². The van der Waals surface area contributed by atoms with E-state index in [4.69, 9.17) is 9.97 Å². The van der Waals surface area contributed by atoms with Crippen molar-refractivity contribution >= 4 is 27.4 Å². The van der Waals surface area contributed by atoms with Crippen LogP contribution in [0.1, 0.15) is 6.42 Å². The van der Waals surface area contributed by atoms with Crippen LogP contribution in [0.5, 0.6) is 0 Å². The summed E-state index contributed by atoms with van der Waals surface area (Å²) >= 11 is 1.68. The number of rotatable bonds is 3. The van der Waals surface area contributed by atoms with Crippen LogP contribution in [0.4, 0.5) is 5.82 Å². The molecule has 3 aromatic heterocycles. The molecule has 0 N–H and O–H groups in total. The van der Waals surface area contributed by atoms with Gasteiger partial charge in [-0.1, -0.05) is 36.4 Å². The zero-order chi connectivity index (χ0) is 16.6. The quantitative estimate of drug-likeness (QED) is 0.543. The van der Waals surface area contributed by atoms with Gasteiger partial charge in [0.05, 0.1) is 5.39 Å². The second-order valence-corrected chi connectivity index (χ2v) is 6.98. The molecule has 1 fully saturated rings. The molecule has 1 aliphatic heterocycles. The minimum Gasteiger partial charge on any atom is -0.356 e. The van der Waals surface area contributed by atoms with E-state index < -0.39 is 0 Å². The lowest BCUT2D eigenvalue weighted by atomic mass is 10.1. The highest BCUT2D eigenvalue weighted by molar-refractivity contribution is 7.17. The minimum absolute atomic E-state index is 0.705. The molecule has 0 aliphatic carbocycles. The van der Waals surface area contributed by atoms with Crippen LogP contribution < -0.4 is 4.90 Å².